The van der Waals surface area contributed by atoms with Crippen molar-refractivity contribution in [3.63, 3.8) is 0 Å². The first-order chi connectivity index (χ1) is 8.60. The van der Waals surface area contributed by atoms with Gasteiger partial charge in [0.25, 0.3) is 0 Å². The summed E-state index contributed by atoms with van der Waals surface area (Å²) in [5.74, 6) is 0.379. The first-order valence-corrected chi connectivity index (χ1v) is 6.88. The molecule has 0 aliphatic carbocycles. The third-order valence-electron chi connectivity index (χ3n) is 2.52. The van der Waals surface area contributed by atoms with Crippen molar-refractivity contribution >= 4 is 27.5 Å². The predicted octanol–water partition coefficient (Wildman–Crippen LogP) is 5.47. The molecule has 4 heteroatoms. The number of hydrogen-bond acceptors (Lipinski definition) is 1. The van der Waals surface area contributed by atoms with Crippen molar-refractivity contribution in [2.75, 3.05) is 0 Å². The minimum Gasteiger partial charge on any atom is -0.454 e. The molecule has 2 rings (SSSR count). The Balaban J connectivity index is 2.31. The summed E-state index contributed by atoms with van der Waals surface area (Å²) in [5, 5.41) is 1.17. The molecule has 0 saturated carbocycles. The number of rotatable bonds is 3. The van der Waals surface area contributed by atoms with Gasteiger partial charge >= 0.3 is 0 Å². The van der Waals surface area contributed by atoms with Crippen LogP contribution in [0.4, 0.5) is 4.39 Å². The van der Waals surface area contributed by atoms with Gasteiger partial charge in [-0.15, -0.1) is 0 Å². The highest BCUT2D eigenvalue weighted by atomic mass is 79.9. The first-order valence-electron chi connectivity index (χ1n) is 5.38. The molecule has 0 aliphatic rings. The summed E-state index contributed by atoms with van der Waals surface area (Å²) in [6.07, 6.45) is 0. The van der Waals surface area contributed by atoms with E-state index in [0.717, 1.165) is 11.1 Å². The zero-order valence-electron chi connectivity index (χ0n) is 9.71. The van der Waals surface area contributed by atoms with Crippen molar-refractivity contribution in [3.8, 4) is 11.5 Å². The summed E-state index contributed by atoms with van der Waals surface area (Å²) in [6, 6.07) is 10.2. The van der Waals surface area contributed by atoms with Gasteiger partial charge in [0, 0.05) is 10.4 Å². The van der Waals surface area contributed by atoms with Crippen LogP contribution in [0.1, 0.15) is 11.1 Å². The van der Waals surface area contributed by atoms with E-state index in [2.05, 4.69) is 15.9 Å². The van der Waals surface area contributed by atoms with Crippen LogP contribution < -0.4 is 4.74 Å². The van der Waals surface area contributed by atoms with Crippen molar-refractivity contribution in [2.24, 2.45) is 0 Å². The Morgan fingerprint density at radius 2 is 1.94 bits per heavy atom. The van der Waals surface area contributed by atoms with Crippen LogP contribution in [-0.2, 0) is 5.33 Å². The van der Waals surface area contributed by atoms with Gasteiger partial charge in [-0.3, -0.25) is 0 Å². The van der Waals surface area contributed by atoms with E-state index in [-0.39, 0.29) is 11.6 Å². The zero-order chi connectivity index (χ0) is 13.1. The first kappa shape index (κ1) is 13.4. The van der Waals surface area contributed by atoms with Crippen molar-refractivity contribution in [2.45, 2.75) is 12.3 Å². The molecule has 1 nitrogen and oxygen atoms in total. The summed E-state index contributed by atoms with van der Waals surface area (Å²) in [4.78, 5) is 0. The molecule has 0 heterocycles. The zero-order valence-corrected chi connectivity index (χ0v) is 12.1. The van der Waals surface area contributed by atoms with Crippen LogP contribution in [0.3, 0.4) is 0 Å². The molecule has 18 heavy (non-hydrogen) atoms. The molecule has 0 aromatic heterocycles. The normalized spacial score (nSPS) is 10.4. The molecular formula is C14H11BrClFO. The number of ether oxygens (including phenoxy) is 1. The lowest BCUT2D eigenvalue weighted by molar-refractivity contribution is 0.439. The predicted molar refractivity (Wildman–Crippen MR) is 75.3 cm³/mol. The summed E-state index contributed by atoms with van der Waals surface area (Å²) < 4.78 is 19.3. The number of aryl methyl sites for hydroxylation is 1. The van der Waals surface area contributed by atoms with Crippen LogP contribution in [0.5, 0.6) is 11.5 Å². The van der Waals surface area contributed by atoms with Gasteiger partial charge in [-0.2, -0.15) is 0 Å². The Hall–Kier alpha value is -1.06. The molecule has 0 fully saturated rings. The lowest BCUT2D eigenvalue weighted by Crippen LogP contribution is -1.92. The van der Waals surface area contributed by atoms with Crippen LogP contribution in [0.25, 0.3) is 0 Å². The average molecular weight is 330 g/mol. The number of hydrogen-bond donors (Lipinski definition) is 0. The molecule has 0 amide bonds. The van der Waals surface area contributed by atoms with Gasteiger partial charge in [0.05, 0.1) is 0 Å². The minimum absolute atomic E-state index is 0.199. The Morgan fingerprint density at radius 1 is 1.17 bits per heavy atom. The Morgan fingerprint density at radius 3 is 2.61 bits per heavy atom. The van der Waals surface area contributed by atoms with Gasteiger partial charge in [-0.1, -0.05) is 39.7 Å². The largest absolute Gasteiger partial charge is 0.454 e. The highest BCUT2D eigenvalue weighted by Crippen LogP contribution is 2.30. The quantitative estimate of drug-likeness (QED) is 0.678. The number of alkyl halides is 1. The third kappa shape index (κ3) is 3.03. The summed E-state index contributed by atoms with van der Waals surface area (Å²) in [5.41, 5.74) is 1.77. The SMILES string of the molecule is Cc1ccc(Cl)cc1Oc1ccc(CBr)cc1F. The molecule has 0 saturated heterocycles. The Kier molecular flexibility index (Phi) is 4.25. The summed E-state index contributed by atoms with van der Waals surface area (Å²) in [7, 11) is 0. The maximum Gasteiger partial charge on any atom is 0.166 e. The van der Waals surface area contributed by atoms with Gasteiger partial charge in [-0.25, -0.2) is 4.39 Å². The topological polar surface area (TPSA) is 9.23 Å². The molecule has 2 aromatic rings. The van der Waals surface area contributed by atoms with E-state index in [4.69, 9.17) is 16.3 Å². The fourth-order valence-electron chi connectivity index (χ4n) is 1.51. The summed E-state index contributed by atoms with van der Waals surface area (Å²) >= 11 is 9.17. The Bertz CT molecular complexity index is 572. The van der Waals surface area contributed by atoms with E-state index in [9.17, 15) is 4.39 Å². The van der Waals surface area contributed by atoms with Crippen LogP contribution in [0.15, 0.2) is 36.4 Å². The average Bonchev–Trinajstić information content (AvgIpc) is 2.36. The molecule has 0 unspecified atom stereocenters. The van der Waals surface area contributed by atoms with Crippen LogP contribution in [-0.4, -0.2) is 0 Å². The van der Waals surface area contributed by atoms with Crippen LogP contribution >= 0.6 is 27.5 Å². The van der Waals surface area contributed by atoms with Crippen molar-refractivity contribution in [3.05, 3.63) is 58.4 Å². The van der Waals surface area contributed by atoms with Crippen LogP contribution in [0, 0.1) is 12.7 Å². The maximum absolute atomic E-state index is 13.8. The van der Waals surface area contributed by atoms with Crippen LogP contribution in [0.2, 0.25) is 5.02 Å². The van der Waals surface area contributed by atoms with E-state index in [1.165, 1.54) is 6.07 Å². The molecule has 0 spiro atoms. The smallest absolute Gasteiger partial charge is 0.166 e. The second-order valence-corrected chi connectivity index (χ2v) is 4.91. The fraction of sp³-hybridized carbons (Fsp3) is 0.143. The molecule has 0 radical (unpaired) electrons. The number of benzene rings is 2. The monoisotopic (exact) mass is 328 g/mol. The highest BCUT2D eigenvalue weighted by molar-refractivity contribution is 9.08. The van der Waals surface area contributed by atoms with Gasteiger partial charge < -0.3 is 4.74 Å². The molecule has 0 atom stereocenters. The molecule has 0 aliphatic heterocycles. The van der Waals surface area contributed by atoms with Crippen molar-refractivity contribution in [1.82, 2.24) is 0 Å². The molecule has 94 valence electrons. The maximum atomic E-state index is 13.8. The standard InChI is InChI=1S/C14H11BrClFO/c1-9-2-4-11(16)7-14(9)18-13-5-3-10(8-15)6-12(13)17/h2-7H,8H2,1H3. The minimum atomic E-state index is -0.383. The number of halogens is 3. The second-order valence-electron chi connectivity index (χ2n) is 3.91. The fourth-order valence-corrected chi connectivity index (χ4v) is 2.02. The van der Waals surface area contributed by atoms with E-state index in [0.29, 0.717) is 16.1 Å². The molecule has 2 aromatic carbocycles. The van der Waals surface area contributed by atoms with Gasteiger partial charge in [0.1, 0.15) is 5.75 Å². The second kappa shape index (κ2) is 5.72. The van der Waals surface area contributed by atoms with Crippen molar-refractivity contribution in [1.29, 1.82) is 0 Å². The third-order valence-corrected chi connectivity index (χ3v) is 3.40. The van der Waals surface area contributed by atoms with E-state index < -0.39 is 0 Å². The van der Waals surface area contributed by atoms with Gasteiger partial charge in [-0.05, 0) is 42.3 Å². The summed E-state index contributed by atoms with van der Waals surface area (Å²) in [6.45, 7) is 1.89. The molecule has 0 bridgehead atoms. The molecule has 0 N–H and O–H groups in total. The molecular weight excluding hydrogens is 319 g/mol. The van der Waals surface area contributed by atoms with E-state index in [1.54, 1.807) is 18.2 Å². The van der Waals surface area contributed by atoms with E-state index in [1.807, 2.05) is 19.1 Å². The lowest BCUT2D eigenvalue weighted by Gasteiger charge is -2.10. The van der Waals surface area contributed by atoms with Gasteiger partial charge in [0.2, 0.25) is 0 Å². The highest BCUT2D eigenvalue weighted by Gasteiger charge is 2.08. The lowest BCUT2D eigenvalue weighted by atomic mass is 10.2. The van der Waals surface area contributed by atoms with E-state index >= 15 is 0 Å². The Labute approximate surface area is 119 Å². The van der Waals surface area contributed by atoms with Crippen molar-refractivity contribution < 1.29 is 9.13 Å². The van der Waals surface area contributed by atoms with Gasteiger partial charge in [0.15, 0.2) is 11.6 Å².